The maximum Gasteiger partial charge on any atom is 0.137 e. The van der Waals surface area contributed by atoms with E-state index >= 15 is 0 Å². The van der Waals surface area contributed by atoms with Crippen LogP contribution >= 0.6 is 0 Å². The lowest BCUT2D eigenvalue weighted by atomic mass is 9.98. The lowest BCUT2D eigenvalue weighted by molar-refractivity contribution is -0.0827. The minimum atomic E-state index is 0.0409. The van der Waals surface area contributed by atoms with Gasteiger partial charge in [-0.2, -0.15) is 0 Å². The van der Waals surface area contributed by atoms with Crippen LogP contribution in [0.5, 0.6) is 0 Å². The summed E-state index contributed by atoms with van der Waals surface area (Å²) in [6.07, 6.45) is 9.05. The highest BCUT2D eigenvalue weighted by molar-refractivity contribution is 6.36. The Balaban J connectivity index is 2.13. The van der Waals surface area contributed by atoms with Crippen molar-refractivity contribution in [3.63, 3.8) is 0 Å². The third kappa shape index (κ3) is 5.82. The Morgan fingerprint density at radius 3 is 2.56 bits per heavy atom. The number of rotatable bonds is 8. The molecule has 16 heavy (non-hydrogen) atoms. The molecule has 0 spiro atoms. The Bertz CT molecular complexity index is 198. The average Bonchev–Trinajstić information content (AvgIpc) is 2.31. The Kier molecular flexibility index (Phi) is 7.81. The molecule has 1 aliphatic carbocycles. The van der Waals surface area contributed by atoms with E-state index < -0.39 is 0 Å². The van der Waals surface area contributed by atoms with Crippen LogP contribution in [-0.4, -0.2) is 28.6 Å². The summed E-state index contributed by atoms with van der Waals surface area (Å²) in [5.41, 5.74) is 1.66. The van der Waals surface area contributed by atoms with Crippen LogP contribution in [0.1, 0.15) is 46.0 Å². The van der Waals surface area contributed by atoms with Crippen LogP contribution in [0, 0.1) is 0 Å². The molecule has 0 heterocycles. The van der Waals surface area contributed by atoms with Crippen molar-refractivity contribution < 1.29 is 9.47 Å². The van der Waals surface area contributed by atoms with Gasteiger partial charge in [0.2, 0.25) is 0 Å². The van der Waals surface area contributed by atoms with Gasteiger partial charge < -0.3 is 9.47 Å². The second-order valence-corrected chi connectivity index (χ2v) is 5.43. The Hall–Kier alpha value is -0.123. The molecule has 0 aromatic carbocycles. The first-order valence-electron chi connectivity index (χ1n) is 6.51. The molecule has 0 saturated carbocycles. The smallest absolute Gasteiger partial charge is 0.137 e. The Morgan fingerprint density at radius 2 is 2.00 bits per heavy atom. The molecule has 0 bridgehead atoms. The van der Waals surface area contributed by atoms with E-state index in [2.05, 4.69) is 6.08 Å². The number of hydrogen-bond acceptors (Lipinski definition) is 2. The zero-order chi connectivity index (χ0) is 11.6. The van der Waals surface area contributed by atoms with Crippen LogP contribution in [-0.2, 0) is 9.47 Å². The average molecular weight is 240 g/mol. The van der Waals surface area contributed by atoms with Crippen molar-refractivity contribution in [3.05, 3.63) is 11.6 Å². The lowest BCUT2D eigenvalue weighted by Gasteiger charge is -2.17. The molecular formula is C13H24O2Si. The standard InChI is InChI=1S/C13H24O2Si/c1-3-14-13(15-4-2)16-11-10-12-8-6-5-7-9-12/h8,13H,3-7,9-11H2,1-2H3. The number of ether oxygens (including phenoxy) is 2. The fourth-order valence-corrected chi connectivity index (χ4v) is 3.22. The highest BCUT2D eigenvalue weighted by atomic mass is 28.2. The molecule has 0 N–H and O–H groups in total. The van der Waals surface area contributed by atoms with Crippen molar-refractivity contribution in [2.24, 2.45) is 0 Å². The van der Waals surface area contributed by atoms with Crippen molar-refractivity contribution in [2.75, 3.05) is 13.2 Å². The van der Waals surface area contributed by atoms with Crippen LogP contribution in [0.25, 0.3) is 0 Å². The van der Waals surface area contributed by atoms with Crippen LogP contribution in [0.4, 0.5) is 0 Å². The largest absolute Gasteiger partial charge is 0.357 e. The summed E-state index contributed by atoms with van der Waals surface area (Å²) in [5, 5.41) is 0. The van der Waals surface area contributed by atoms with E-state index in [1.165, 1.54) is 38.1 Å². The predicted molar refractivity (Wildman–Crippen MR) is 68.8 cm³/mol. The van der Waals surface area contributed by atoms with E-state index in [0.29, 0.717) is 0 Å². The maximum absolute atomic E-state index is 5.54. The highest BCUT2D eigenvalue weighted by Gasteiger charge is 2.10. The summed E-state index contributed by atoms with van der Waals surface area (Å²) in [6, 6.07) is 1.22. The highest BCUT2D eigenvalue weighted by Crippen LogP contribution is 2.21. The predicted octanol–water partition coefficient (Wildman–Crippen LogP) is 3.36. The van der Waals surface area contributed by atoms with Gasteiger partial charge in [-0.3, -0.25) is 0 Å². The number of allylic oxidation sites excluding steroid dienone is 2. The topological polar surface area (TPSA) is 18.5 Å². The zero-order valence-electron chi connectivity index (χ0n) is 10.6. The van der Waals surface area contributed by atoms with Gasteiger partial charge in [0.25, 0.3) is 0 Å². The minimum Gasteiger partial charge on any atom is -0.357 e. The summed E-state index contributed by atoms with van der Waals surface area (Å²) in [6.45, 7) is 5.56. The molecular weight excluding hydrogens is 216 g/mol. The second kappa shape index (κ2) is 8.96. The molecule has 92 valence electrons. The van der Waals surface area contributed by atoms with Gasteiger partial charge in [-0.1, -0.05) is 17.7 Å². The van der Waals surface area contributed by atoms with Gasteiger partial charge in [-0.25, -0.2) is 0 Å². The van der Waals surface area contributed by atoms with Crippen LogP contribution in [0.15, 0.2) is 11.6 Å². The summed E-state index contributed by atoms with van der Waals surface area (Å²) in [4.78, 5) is 0. The number of hydrogen-bond donors (Lipinski definition) is 0. The Labute approximate surface area is 102 Å². The summed E-state index contributed by atoms with van der Waals surface area (Å²) < 4.78 is 11.1. The van der Waals surface area contributed by atoms with Gasteiger partial charge in [-0.15, -0.1) is 0 Å². The molecule has 1 rings (SSSR count). The van der Waals surface area contributed by atoms with E-state index in [1.54, 1.807) is 5.57 Å². The lowest BCUT2D eigenvalue weighted by Crippen LogP contribution is -2.24. The first-order chi connectivity index (χ1) is 7.86. The van der Waals surface area contributed by atoms with Crippen LogP contribution < -0.4 is 0 Å². The fourth-order valence-electron chi connectivity index (χ4n) is 1.95. The molecule has 0 aromatic rings. The van der Waals surface area contributed by atoms with Gasteiger partial charge in [0, 0.05) is 13.2 Å². The molecule has 3 heteroatoms. The van der Waals surface area contributed by atoms with Crippen molar-refractivity contribution >= 4 is 9.52 Å². The summed E-state index contributed by atoms with van der Waals surface area (Å²) in [5.74, 6) is 0.0409. The third-order valence-electron chi connectivity index (χ3n) is 2.78. The molecule has 1 aliphatic rings. The Morgan fingerprint density at radius 1 is 1.25 bits per heavy atom. The molecule has 0 unspecified atom stereocenters. The van der Waals surface area contributed by atoms with Crippen molar-refractivity contribution in [1.82, 2.24) is 0 Å². The SMILES string of the molecule is CCOC(OCC)[Si]CCC1=CCCCC1. The van der Waals surface area contributed by atoms with Crippen LogP contribution in [0.2, 0.25) is 6.04 Å². The van der Waals surface area contributed by atoms with Gasteiger partial charge in [0.05, 0.1) is 0 Å². The fraction of sp³-hybridized carbons (Fsp3) is 0.846. The first kappa shape index (κ1) is 13.9. The minimum absolute atomic E-state index is 0.0409. The van der Waals surface area contributed by atoms with Gasteiger partial charge in [0.1, 0.15) is 15.4 Å². The van der Waals surface area contributed by atoms with E-state index in [0.717, 1.165) is 22.7 Å². The molecule has 0 atom stereocenters. The molecule has 0 aromatic heterocycles. The molecule has 2 radical (unpaired) electrons. The molecule has 0 fully saturated rings. The van der Waals surface area contributed by atoms with E-state index in [1.807, 2.05) is 13.8 Å². The monoisotopic (exact) mass is 240 g/mol. The van der Waals surface area contributed by atoms with E-state index in [-0.39, 0.29) is 5.91 Å². The zero-order valence-corrected chi connectivity index (χ0v) is 11.6. The van der Waals surface area contributed by atoms with E-state index in [9.17, 15) is 0 Å². The van der Waals surface area contributed by atoms with Gasteiger partial charge in [-0.05, 0) is 46.0 Å². The second-order valence-electron chi connectivity index (χ2n) is 4.05. The van der Waals surface area contributed by atoms with Crippen molar-refractivity contribution in [3.8, 4) is 0 Å². The maximum atomic E-state index is 5.54. The molecule has 0 aliphatic heterocycles. The third-order valence-corrected chi connectivity index (χ3v) is 3.98. The van der Waals surface area contributed by atoms with Crippen molar-refractivity contribution in [2.45, 2.75) is 57.9 Å². The van der Waals surface area contributed by atoms with Crippen LogP contribution in [0.3, 0.4) is 0 Å². The summed E-state index contributed by atoms with van der Waals surface area (Å²) in [7, 11) is 0.776. The quantitative estimate of drug-likeness (QED) is 0.368. The molecule has 2 nitrogen and oxygen atoms in total. The van der Waals surface area contributed by atoms with Gasteiger partial charge >= 0.3 is 0 Å². The normalized spacial score (nSPS) is 16.6. The van der Waals surface area contributed by atoms with Gasteiger partial charge in [0.15, 0.2) is 0 Å². The van der Waals surface area contributed by atoms with Crippen molar-refractivity contribution in [1.29, 1.82) is 0 Å². The summed E-state index contributed by atoms with van der Waals surface area (Å²) >= 11 is 0. The molecule has 0 amide bonds. The van der Waals surface area contributed by atoms with E-state index in [4.69, 9.17) is 9.47 Å². The molecule has 0 saturated heterocycles. The first-order valence-corrected chi connectivity index (χ1v) is 7.79.